The van der Waals surface area contributed by atoms with Gasteiger partial charge in [-0.1, -0.05) is 42.5 Å². The number of benzene rings is 3. The highest BCUT2D eigenvalue weighted by Crippen LogP contribution is 2.36. The molecule has 3 N–H and O–H groups in total. The van der Waals surface area contributed by atoms with Crippen LogP contribution in [0, 0.1) is 0 Å². The van der Waals surface area contributed by atoms with Crippen LogP contribution in [-0.2, 0) is 9.53 Å². The number of amides is 1. The quantitative estimate of drug-likeness (QED) is 0.202. The minimum absolute atomic E-state index is 0.253. The van der Waals surface area contributed by atoms with E-state index in [1.54, 1.807) is 27.0 Å². The largest absolute Gasteiger partial charge is 0.495 e. The van der Waals surface area contributed by atoms with Gasteiger partial charge in [-0.2, -0.15) is 0 Å². The SMILES string of the molecule is CCOC(=O)c1cc(-c2ccccc2)sc1NC(=O)[C@@H](C)Nc1ccc(Nc2ccccc2OC)cc1. The summed E-state index contributed by atoms with van der Waals surface area (Å²) in [4.78, 5) is 26.5. The zero-order valence-electron chi connectivity index (χ0n) is 20.9. The maximum Gasteiger partial charge on any atom is 0.341 e. The first-order valence-electron chi connectivity index (χ1n) is 11.9. The van der Waals surface area contributed by atoms with Gasteiger partial charge in [0.25, 0.3) is 0 Å². The number of nitrogens with one attached hydrogen (secondary N) is 3. The normalized spacial score (nSPS) is 11.3. The second kappa shape index (κ2) is 12.1. The van der Waals surface area contributed by atoms with Crippen LogP contribution in [0.5, 0.6) is 5.75 Å². The molecule has 0 aliphatic rings. The lowest BCUT2D eigenvalue weighted by Crippen LogP contribution is -2.32. The highest BCUT2D eigenvalue weighted by molar-refractivity contribution is 7.20. The standard InChI is InChI=1S/C29H29N3O4S/c1-4-36-29(34)23-18-26(20-10-6-5-7-11-20)37-28(23)32-27(33)19(2)30-21-14-16-22(17-15-21)31-24-12-8-9-13-25(24)35-3/h5-19,30-31H,4H2,1-3H3,(H,32,33)/t19-/m1/s1. The minimum atomic E-state index is -0.551. The summed E-state index contributed by atoms with van der Waals surface area (Å²) in [6.07, 6.45) is 0. The van der Waals surface area contributed by atoms with Crippen LogP contribution in [-0.4, -0.2) is 31.6 Å². The van der Waals surface area contributed by atoms with Gasteiger partial charge in [-0.05, 0) is 61.9 Å². The Kier molecular flexibility index (Phi) is 8.43. The number of para-hydroxylation sites is 2. The average Bonchev–Trinajstić information content (AvgIpc) is 3.34. The molecule has 3 aromatic carbocycles. The highest BCUT2D eigenvalue weighted by Gasteiger charge is 2.22. The Morgan fingerprint density at radius 2 is 1.59 bits per heavy atom. The number of methoxy groups -OCH3 is 1. The summed E-state index contributed by atoms with van der Waals surface area (Å²) in [5, 5.41) is 9.91. The van der Waals surface area contributed by atoms with Gasteiger partial charge in [0, 0.05) is 16.3 Å². The van der Waals surface area contributed by atoms with E-state index in [2.05, 4.69) is 16.0 Å². The number of esters is 1. The van der Waals surface area contributed by atoms with Gasteiger partial charge in [0.1, 0.15) is 16.8 Å². The fraction of sp³-hybridized carbons (Fsp3) is 0.172. The third-order valence-electron chi connectivity index (χ3n) is 5.57. The number of thiophene rings is 1. The molecule has 190 valence electrons. The van der Waals surface area contributed by atoms with E-state index in [1.165, 1.54) is 11.3 Å². The molecule has 0 aliphatic carbocycles. The first-order valence-corrected chi connectivity index (χ1v) is 12.7. The predicted octanol–water partition coefficient (Wildman–Crippen LogP) is 6.78. The first-order chi connectivity index (χ1) is 18.0. The molecule has 1 aromatic heterocycles. The number of hydrogen-bond donors (Lipinski definition) is 3. The van der Waals surface area contributed by atoms with Crippen molar-refractivity contribution in [3.05, 3.63) is 90.5 Å². The number of carbonyl (C=O) groups is 2. The number of carbonyl (C=O) groups excluding carboxylic acids is 2. The first kappa shape index (κ1) is 25.8. The fourth-order valence-corrected chi connectivity index (χ4v) is 4.73. The van der Waals surface area contributed by atoms with Crippen LogP contribution in [0.1, 0.15) is 24.2 Å². The van der Waals surface area contributed by atoms with Crippen LogP contribution in [0.3, 0.4) is 0 Å². The summed E-state index contributed by atoms with van der Waals surface area (Å²) in [7, 11) is 1.63. The second-order valence-corrected chi connectivity index (χ2v) is 9.25. The fourth-order valence-electron chi connectivity index (χ4n) is 3.68. The van der Waals surface area contributed by atoms with Gasteiger partial charge >= 0.3 is 5.97 Å². The molecular formula is C29H29N3O4S. The third kappa shape index (κ3) is 6.48. The zero-order chi connectivity index (χ0) is 26.2. The average molecular weight is 516 g/mol. The molecule has 4 rings (SSSR count). The predicted molar refractivity (Wildman–Crippen MR) is 150 cm³/mol. The van der Waals surface area contributed by atoms with E-state index < -0.39 is 12.0 Å². The number of rotatable bonds is 10. The molecule has 0 saturated heterocycles. The van der Waals surface area contributed by atoms with E-state index in [-0.39, 0.29) is 12.5 Å². The van der Waals surface area contributed by atoms with E-state index in [4.69, 9.17) is 9.47 Å². The molecule has 0 spiro atoms. The molecule has 0 unspecified atom stereocenters. The second-order valence-electron chi connectivity index (χ2n) is 8.20. The van der Waals surface area contributed by atoms with Gasteiger partial charge in [0.15, 0.2) is 0 Å². The monoisotopic (exact) mass is 515 g/mol. The number of anilines is 4. The number of hydrogen-bond acceptors (Lipinski definition) is 7. The van der Waals surface area contributed by atoms with Gasteiger partial charge in [0.2, 0.25) is 5.91 Å². The molecule has 0 bridgehead atoms. The maximum atomic E-state index is 13.0. The molecule has 1 atom stereocenters. The lowest BCUT2D eigenvalue weighted by Gasteiger charge is -2.16. The van der Waals surface area contributed by atoms with Gasteiger partial charge in [-0.15, -0.1) is 11.3 Å². The summed E-state index contributed by atoms with van der Waals surface area (Å²) in [5.41, 5.74) is 3.85. The molecule has 0 saturated carbocycles. The smallest absolute Gasteiger partial charge is 0.341 e. The molecule has 1 heterocycles. The van der Waals surface area contributed by atoms with Gasteiger partial charge in [-0.3, -0.25) is 4.79 Å². The molecule has 1 amide bonds. The molecule has 37 heavy (non-hydrogen) atoms. The van der Waals surface area contributed by atoms with Crippen molar-refractivity contribution in [2.75, 3.05) is 29.7 Å². The number of ether oxygens (including phenoxy) is 2. The van der Waals surface area contributed by atoms with E-state index in [0.29, 0.717) is 10.6 Å². The summed E-state index contributed by atoms with van der Waals surface area (Å²) in [6, 6.07) is 26.2. The Balaban J connectivity index is 1.44. The maximum absolute atomic E-state index is 13.0. The van der Waals surface area contributed by atoms with Crippen molar-refractivity contribution in [2.45, 2.75) is 19.9 Å². The van der Waals surface area contributed by atoms with Crippen molar-refractivity contribution in [3.63, 3.8) is 0 Å². The van der Waals surface area contributed by atoms with Crippen LogP contribution in [0.15, 0.2) is 84.9 Å². The topological polar surface area (TPSA) is 88.7 Å². The molecule has 4 aromatic rings. The summed E-state index contributed by atoms with van der Waals surface area (Å²) in [6.45, 7) is 3.78. The van der Waals surface area contributed by atoms with Crippen LogP contribution < -0.4 is 20.7 Å². The molecule has 0 radical (unpaired) electrons. The Morgan fingerprint density at radius 3 is 2.30 bits per heavy atom. The van der Waals surface area contributed by atoms with Crippen molar-refractivity contribution < 1.29 is 19.1 Å². The highest BCUT2D eigenvalue weighted by atomic mass is 32.1. The van der Waals surface area contributed by atoms with Crippen molar-refractivity contribution in [1.82, 2.24) is 0 Å². The summed E-state index contributed by atoms with van der Waals surface area (Å²) < 4.78 is 10.6. The molecule has 0 fully saturated rings. The Bertz CT molecular complexity index is 1350. The molecule has 8 heteroatoms. The van der Waals surface area contributed by atoms with Crippen molar-refractivity contribution in [3.8, 4) is 16.2 Å². The lowest BCUT2D eigenvalue weighted by atomic mass is 10.1. The molecule has 7 nitrogen and oxygen atoms in total. The van der Waals surface area contributed by atoms with E-state index in [1.807, 2.05) is 78.9 Å². The van der Waals surface area contributed by atoms with Crippen LogP contribution >= 0.6 is 11.3 Å². The van der Waals surface area contributed by atoms with Gasteiger partial charge < -0.3 is 25.4 Å². The van der Waals surface area contributed by atoms with Crippen LogP contribution in [0.4, 0.5) is 22.1 Å². The van der Waals surface area contributed by atoms with E-state index in [0.717, 1.165) is 33.3 Å². The minimum Gasteiger partial charge on any atom is -0.495 e. The van der Waals surface area contributed by atoms with Crippen molar-refractivity contribution >= 4 is 45.3 Å². The lowest BCUT2D eigenvalue weighted by molar-refractivity contribution is -0.116. The molecule has 0 aliphatic heterocycles. The molecular weight excluding hydrogens is 486 g/mol. The summed E-state index contributed by atoms with van der Waals surface area (Å²) in [5.74, 6) is 0.0272. The summed E-state index contributed by atoms with van der Waals surface area (Å²) >= 11 is 1.35. The van der Waals surface area contributed by atoms with Gasteiger partial charge in [0.05, 0.1) is 25.0 Å². The zero-order valence-corrected chi connectivity index (χ0v) is 21.7. The van der Waals surface area contributed by atoms with Crippen LogP contribution in [0.25, 0.3) is 10.4 Å². The van der Waals surface area contributed by atoms with Crippen molar-refractivity contribution in [2.24, 2.45) is 0 Å². The third-order valence-corrected chi connectivity index (χ3v) is 6.67. The Labute approximate surface area is 220 Å². The van der Waals surface area contributed by atoms with Crippen LogP contribution in [0.2, 0.25) is 0 Å². The van der Waals surface area contributed by atoms with Crippen molar-refractivity contribution in [1.29, 1.82) is 0 Å². The van der Waals surface area contributed by atoms with E-state index >= 15 is 0 Å². The Morgan fingerprint density at radius 1 is 0.919 bits per heavy atom. The van der Waals surface area contributed by atoms with Gasteiger partial charge in [-0.25, -0.2) is 4.79 Å². The Hall–Kier alpha value is -4.30. The van der Waals surface area contributed by atoms with E-state index in [9.17, 15) is 9.59 Å².